The molecule has 1 aromatic rings. The maximum atomic E-state index is 3.49. The van der Waals surface area contributed by atoms with Gasteiger partial charge in [-0.1, -0.05) is 0 Å². The molecule has 0 fully saturated rings. The van der Waals surface area contributed by atoms with Crippen LogP contribution in [0.5, 0.6) is 0 Å². The van der Waals surface area contributed by atoms with E-state index in [0.29, 0.717) is 0 Å². The summed E-state index contributed by atoms with van der Waals surface area (Å²) >= 11 is 0. The van der Waals surface area contributed by atoms with Gasteiger partial charge < -0.3 is 6.92 Å². The average Bonchev–Trinajstić information content (AvgIpc) is 2.43. The van der Waals surface area contributed by atoms with Crippen molar-refractivity contribution in [3.05, 3.63) is 49.9 Å². The first kappa shape index (κ1) is 12.6. The van der Waals surface area contributed by atoms with Gasteiger partial charge in [0.15, 0.2) is 0 Å². The Labute approximate surface area is 82.4 Å². The van der Waals surface area contributed by atoms with E-state index in [1.54, 1.807) is 6.08 Å². The van der Waals surface area contributed by atoms with Crippen molar-refractivity contribution >= 4 is 0 Å². The van der Waals surface area contributed by atoms with E-state index < -0.39 is 0 Å². The quantitative estimate of drug-likeness (QED) is 0.495. The van der Waals surface area contributed by atoms with Crippen molar-refractivity contribution in [3.8, 4) is 0 Å². The second-order valence-corrected chi connectivity index (χ2v) is 1.54. The van der Waals surface area contributed by atoms with Crippen LogP contribution in [0.4, 0.5) is 0 Å². The van der Waals surface area contributed by atoms with Crippen LogP contribution in [-0.2, 0) is 26.2 Å². The summed E-state index contributed by atoms with van der Waals surface area (Å²) in [5.41, 5.74) is 0. The molecule has 0 aliphatic heterocycles. The van der Waals surface area contributed by atoms with Crippen LogP contribution in [0.1, 0.15) is 6.42 Å². The molecule has 0 saturated heterocycles. The van der Waals surface area contributed by atoms with Gasteiger partial charge in [0, 0.05) is 0 Å². The third-order valence-electron chi connectivity index (χ3n) is 0.760. The Morgan fingerprint density at radius 2 is 1.80 bits per heavy atom. The largest absolute Gasteiger partial charge is 2.00 e. The molecule has 0 nitrogen and oxygen atoms in total. The average molecular weight is 211 g/mol. The Balaban J connectivity index is 0. The first-order chi connectivity index (χ1) is 4.41. The van der Waals surface area contributed by atoms with E-state index in [1.807, 2.05) is 30.3 Å². The normalized spacial score (nSPS) is 6.50. The van der Waals surface area contributed by atoms with Gasteiger partial charge >= 0.3 is 26.2 Å². The van der Waals surface area contributed by atoms with Gasteiger partial charge in [-0.3, -0.25) is 0 Å². The maximum absolute atomic E-state index is 3.49. The predicted octanol–water partition coefficient (Wildman–Crippen LogP) is 2.80. The van der Waals surface area contributed by atoms with Gasteiger partial charge in [0.2, 0.25) is 0 Å². The van der Waals surface area contributed by atoms with Gasteiger partial charge in [0.1, 0.15) is 0 Å². The van der Waals surface area contributed by atoms with Gasteiger partial charge in [0.25, 0.3) is 0 Å². The van der Waals surface area contributed by atoms with Crippen LogP contribution in [0.3, 0.4) is 0 Å². The minimum Gasteiger partial charge on any atom is -0.340 e. The minimum atomic E-state index is 0. The molecule has 0 N–H and O–H groups in total. The molecule has 0 spiro atoms. The Bertz CT molecular complexity index is 102. The number of allylic oxidation sites excluding steroid dienone is 1. The van der Waals surface area contributed by atoms with E-state index in [9.17, 15) is 0 Å². The molecule has 1 aromatic carbocycles. The summed E-state index contributed by atoms with van der Waals surface area (Å²) in [4.78, 5) is 0. The van der Waals surface area contributed by atoms with Gasteiger partial charge in [-0.2, -0.15) is 24.6 Å². The summed E-state index contributed by atoms with van der Waals surface area (Å²) in [6, 6.07) is 10.0. The van der Waals surface area contributed by atoms with Crippen LogP contribution < -0.4 is 0 Å². The van der Waals surface area contributed by atoms with Crippen LogP contribution in [0.2, 0.25) is 0 Å². The monoisotopic (exact) mass is 210 g/mol. The third-order valence-corrected chi connectivity index (χ3v) is 0.760. The van der Waals surface area contributed by atoms with Crippen molar-refractivity contribution in [3.63, 3.8) is 0 Å². The fourth-order valence-corrected chi connectivity index (χ4v) is 0.321. The van der Waals surface area contributed by atoms with E-state index in [-0.39, 0.29) is 26.2 Å². The van der Waals surface area contributed by atoms with Crippen molar-refractivity contribution in [2.24, 2.45) is 0 Å². The Morgan fingerprint density at radius 1 is 1.40 bits per heavy atom. The molecule has 0 radical (unpaired) electrons. The Kier molecular flexibility index (Phi) is 14.8. The molecule has 0 aromatic heterocycles. The molecule has 1 heteroatoms. The number of hydrogen-bond acceptors (Lipinski definition) is 0. The topological polar surface area (TPSA) is 0 Å². The third kappa shape index (κ3) is 10.9. The van der Waals surface area contributed by atoms with Crippen molar-refractivity contribution in [1.82, 2.24) is 0 Å². The van der Waals surface area contributed by atoms with Gasteiger partial charge in [0.05, 0.1) is 0 Å². The standard InChI is InChI=1S/C5H5.C4H7.Zr/c1-2-4-5-3-1;1-3-4-2;/h1-5H;3H,1-2,4H2;/q2*-1;+2. The zero-order valence-corrected chi connectivity index (χ0v) is 8.54. The molecule has 0 saturated carbocycles. The second kappa shape index (κ2) is 11.7. The van der Waals surface area contributed by atoms with E-state index in [0.717, 1.165) is 6.42 Å². The minimum absolute atomic E-state index is 0. The molecular formula is C9H12Zr. The Morgan fingerprint density at radius 3 is 1.90 bits per heavy atom. The summed E-state index contributed by atoms with van der Waals surface area (Å²) < 4.78 is 0. The van der Waals surface area contributed by atoms with Crippen LogP contribution >= 0.6 is 0 Å². The SMILES string of the molecule is C=CC[CH2-].[Zr+2].c1cc[cH-]c1. The summed E-state index contributed by atoms with van der Waals surface area (Å²) in [6.07, 6.45) is 2.60. The second-order valence-electron chi connectivity index (χ2n) is 1.54. The molecule has 0 bridgehead atoms. The van der Waals surface area contributed by atoms with Gasteiger partial charge in [-0.15, -0.1) is 12.7 Å². The summed E-state index contributed by atoms with van der Waals surface area (Å²) in [7, 11) is 0. The van der Waals surface area contributed by atoms with E-state index in [2.05, 4.69) is 13.5 Å². The molecule has 0 atom stereocenters. The van der Waals surface area contributed by atoms with Crippen molar-refractivity contribution < 1.29 is 26.2 Å². The molecule has 10 heavy (non-hydrogen) atoms. The maximum Gasteiger partial charge on any atom is 2.00 e. The Hall–Kier alpha value is -0.0269. The molecule has 0 aliphatic rings. The van der Waals surface area contributed by atoms with Crippen molar-refractivity contribution in [2.75, 3.05) is 0 Å². The molecule has 1 rings (SSSR count). The van der Waals surface area contributed by atoms with Crippen LogP contribution in [0, 0.1) is 6.92 Å². The van der Waals surface area contributed by atoms with Crippen LogP contribution in [-0.4, -0.2) is 0 Å². The molecular weight excluding hydrogens is 199 g/mol. The van der Waals surface area contributed by atoms with Crippen LogP contribution in [0.25, 0.3) is 0 Å². The smallest absolute Gasteiger partial charge is 0.340 e. The fraction of sp³-hybridized carbons (Fsp3) is 0.111. The summed E-state index contributed by atoms with van der Waals surface area (Å²) in [6.45, 7) is 6.90. The van der Waals surface area contributed by atoms with Crippen molar-refractivity contribution in [1.29, 1.82) is 0 Å². The van der Waals surface area contributed by atoms with E-state index >= 15 is 0 Å². The van der Waals surface area contributed by atoms with E-state index in [4.69, 9.17) is 0 Å². The first-order valence-corrected chi connectivity index (χ1v) is 2.98. The predicted molar refractivity (Wildman–Crippen MR) is 42.2 cm³/mol. The zero-order chi connectivity index (χ0) is 6.95. The summed E-state index contributed by atoms with van der Waals surface area (Å²) in [5, 5.41) is 0. The first-order valence-electron chi connectivity index (χ1n) is 2.98. The molecule has 0 amide bonds. The van der Waals surface area contributed by atoms with Crippen LogP contribution in [0.15, 0.2) is 43.0 Å². The summed E-state index contributed by atoms with van der Waals surface area (Å²) in [5.74, 6) is 0. The van der Waals surface area contributed by atoms with Gasteiger partial charge in [-0.25, -0.2) is 12.1 Å². The zero-order valence-electron chi connectivity index (χ0n) is 6.09. The van der Waals surface area contributed by atoms with E-state index in [1.165, 1.54) is 0 Å². The molecule has 0 unspecified atom stereocenters. The molecule has 0 heterocycles. The van der Waals surface area contributed by atoms with Gasteiger partial charge in [-0.05, 0) is 0 Å². The number of rotatable bonds is 1. The molecule has 52 valence electrons. The number of hydrogen-bond donors (Lipinski definition) is 0. The molecule has 0 aliphatic carbocycles. The fourth-order valence-electron chi connectivity index (χ4n) is 0.321. The van der Waals surface area contributed by atoms with Crippen molar-refractivity contribution in [2.45, 2.75) is 6.42 Å².